The van der Waals surface area contributed by atoms with Gasteiger partial charge in [-0.15, -0.1) is 0 Å². The van der Waals surface area contributed by atoms with E-state index >= 15 is 0 Å². The van der Waals surface area contributed by atoms with E-state index in [1.807, 2.05) is 27.7 Å². The van der Waals surface area contributed by atoms with E-state index in [0.717, 1.165) is 25.7 Å². The SMILES string of the molecule is CCC(C)C(=O)NCC1(NC(=O)C(C)CC)CCOCC1. The number of hydrogen-bond donors (Lipinski definition) is 2. The Hall–Kier alpha value is -1.10. The standard InChI is InChI=1S/C16H30N2O3/c1-5-12(3)14(19)17-11-16(7-9-21-10-8-16)18-15(20)13(4)6-2/h12-13H,5-11H2,1-4H3,(H,17,19)(H,18,20). The van der Waals surface area contributed by atoms with Gasteiger partial charge in [-0.2, -0.15) is 0 Å². The summed E-state index contributed by atoms with van der Waals surface area (Å²) < 4.78 is 5.40. The summed E-state index contributed by atoms with van der Waals surface area (Å²) in [6, 6.07) is 0. The van der Waals surface area contributed by atoms with Crippen molar-refractivity contribution < 1.29 is 14.3 Å². The molecule has 1 heterocycles. The lowest BCUT2D eigenvalue weighted by Crippen LogP contribution is -2.59. The monoisotopic (exact) mass is 298 g/mol. The number of nitrogens with one attached hydrogen (secondary N) is 2. The first-order valence-corrected chi connectivity index (χ1v) is 8.11. The van der Waals surface area contributed by atoms with Crippen molar-refractivity contribution in [2.75, 3.05) is 19.8 Å². The Bertz CT molecular complexity index is 351. The Morgan fingerprint density at radius 3 is 2.10 bits per heavy atom. The van der Waals surface area contributed by atoms with Crippen molar-refractivity contribution >= 4 is 11.8 Å². The van der Waals surface area contributed by atoms with Gasteiger partial charge in [0, 0.05) is 31.6 Å². The number of amides is 2. The molecule has 1 aliphatic heterocycles. The van der Waals surface area contributed by atoms with E-state index < -0.39 is 0 Å². The Kier molecular flexibility index (Phi) is 7.15. The first kappa shape index (κ1) is 18.0. The van der Waals surface area contributed by atoms with Crippen LogP contribution in [0.25, 0.3) is 0 Å². The van der Waals surface area contributed by atoms with Crippen molar-refractivity contribution in [1.82, 2.24) is 10.6 Å². The van der Waals surface area contributed by atoms with Crippen LogP contribution in [0.5, 0.6) is 0 Å². The Morgan fingerprint density at radius 1 is 1.05 bits per heavy atom. The van der Waals surface area contributed by atoms with Crippen LogP contribution >= 0.6 is 0 Å². The summed E-state index contributed by atoms with van der Waals surface area (Å²) in [5.74, 6) is 0.125. The first-order valence-electron chi connectivity index (χ1n) is 8.11. The van der Waals surface area contributed by atoms with Gasteiger partial charge in [-0.25, -0.2) is 0 Å². The van der Waals surface area contributed by atoms with Crippen molar-refractivity contribution in [1.29, 1.82) is 0 Å². The maximum absolute atomic E-state index is 12.2. The average Bonchev–Trinajstić information content (AvgIpc) is 2.51. The molecule has 0 aromatic heterocycles. The lowest BCUT2D eigenvalue weighted by Gasteiger charge is -2.39. The summed E-state index contributed by atoms with van der Waals surface area (Å²) in [7, 11) is 0. The maximum atomic E-state index is 12.2. The van der Waals surface area contributed by atoms with Gasteiger partial charge in [0.05, 0.1) is 5.54 Å². The molecule has 2 atom stereocenters. The van der Waals surface area contributed by atoms with Gasteiger partial charge >= 0.3 is 0 Å². The molecular weight excluding hydrogens is 268 g/mol. The minimum absolute atomic E-state index is 0.00464. The van der Waals surface area contributed by atoms with E-state index in [9.17, 15) is 9.59 Å². The van der Waals surface area contributed by atoms with Gasteiger partial charge < -0.3 is 15.4 Å². The van der Waals surface area contributed by atoms with Gasteiger partial charge in [0.25, 0.3) is 0 Å². The second-order valence-electron chi connectivity index (χ2n) is 6.22. The predicted molar refractivity (Wildman–Crippen MR) is 82.8 cm³/mol. The molecule has 0 spiro atoms. The lowest BCUT2D eigenvalue weighted by molar-refractivity contribution is -0.130. The normalized spacial score (nSPS) is 20.4. The molecule has 0 aromatic carbocycles. The van der Waals surface area contributed by atoms with Gasteiger partial charge in [-0.05, 0) is 25.7 Å². The zero-order valence-electron chi connectivity index (χ0n) is 13.8. The minimum Gasteiger partial charge on any atom is -0.381 e. The van der Waals surface area contributed by atoms with Crippen molar-refractivity contribution in [3.05, 3.63) is 0 Å². The fourth-order valence-electron chi connectivity index (χ4n) is 2.29. The zero-order valence-corrected chi connectivity index (χ0v) is 13.8. The van der Waals surface area contributed by atoms with E-state index in [1.54, 1.807) is 0 Å². The predicted octanol–water partition coefficient (Wildman–Crippen LogP) is 1.86. The number of rotatable bonds is 7. The van der Waals surface area contributed by atoms with Crippen LogP contribution in [0.4, 0.5) is 0 Å². The van der Waals surface area contributed by atoms with Crippen LogP contribution in [0.3, 0.4) is 0 Å². The van der Waals surface area contributed by atoms with Crippen molar-refractivity contribution in [2.45, 2.75) is 58.9 Å². The fraction of sp³-hybridized carbons (Fsp3) is 0.875. The van der Waals surface area contributed by atoms with Crippen molar-refractivity contribution in [2.24, 2.45) is 11.8 Å². The molecule has 2 N–H and O–H groups in total. The molecule has 0 radical (unpaired) electrons. The van der Waals surface area contributed by atoms with Gasteiger partial charge in [0.15, 0.2) is 0 Å². The Morgan fingerprint density at radius 2 is 1.57 bits per heavy atom. The Balaban J connectivity index is 2.66. The second-order valence-corrected chi connectivity index (χ2v) is 6.22. The summed E-state index contributed by atoms with van der Waals surface area (Å²) in [6.07, 6.45) is 3.13. The van der Waals surface area contributed by atoms with Crippen LogP contribution < -0.4 is 10.6 Å². The molecule has 1 fully saturated rings. The first-order chi connectivity index (χ1) is 9.94. The molecule has 1 aliphatic rings. The van der Waals surface area contributed by atoms with Crippen molar-refractivity contribution in [3.8, 4) is 0 Å². The molecule has 122 valence electrons. The highest BCUT2D eigenvalue weighted by Crippen LogP contribution is 2.21. The molecule has 0 aromatic rings. The molecule has 2 amide bonds. The number of hydrogen-bond acceptors (Lipinski definition) is 3. The summed E-state index contributed by atoms with van der Waals surface area (Å²) >= 11 is 0. The summed E-state index contributed by atoms with van der Waals surface area (Å²) in [5.41, 5.74) is -0.359. The molecule has 0 aliphatic carbocycles. The van der Waals surface area contributed by atoms with Crippen LogP contribution in [-0.4, -0.2) is 37.1 Å². The van der Waals surface area contributed by atoms with E-state index in [2.05, 4.69) is 10.6 Å². The topological polar surface area (TPSA) is 67.4 Å². The number of carbonyl (C=O) groups excluding carboxylic acids is 2. The van der Waals surface area contributed by atoms with E-state index in [1.165, 1.54) is 0 Å². The highest BCUT2D eigenvalue weighted by molar-refractivity contribution is 5.80. The van der Waals surface area contributed by atoms with Crippen LogP contribution in [-0.2, 0) is 14.3 Å². The smallest absolute Gasteiger partial charge is 0.223 e. The number of ether oxygens (including phenoxy) is 1. The largest absolute Gasteiger partial charge is 0.381 e. The number of carbonyl (C=O) groups is 2. The molecular formula is C16H30N2O3. The molecule has 2 unspecified atom stereocenters. The fourth-order valence-corrected chi connectivity index (χ4v) is 2.29. The van der Waals surface area contributed by atoms with Crippen LogP contribution in [0.2, 0.25) is 0 Å². The third-order valence-corrected chi connectivity index (χ3v) is 4.56. The van der Waals surface area contributed by atoms with E-state index in [4.69, 9.17) is 4.74 Å². The third-order valence-electron chi connectivity index (χ3n) is 4.56. The summed E-state index contributed by atoms with van der Waals surface area (Å²) in [6.45, 7) is 9.59. The quantitative estimate of drug-likeness (QED) is 0.754. The summed E-state index contributed by atoms with van der Waals surface area (Å²) in [4.78, 5) is 24.2. The lowest BCUT2D eigenvalue weighted by atomic mass is 9.88. The van der Waals surface area contributed by atoms with E-state index in [0.29, 0.717) is 19.8 Å². The highest BCUT2D eigenvalue weighted by atomic mass is 16.5. The van der Waals surface area contributed by atoms with Gasteiger partial charge in [0.2, 0.25) is 11.8 Å². The molecule has 1 saturated heterocycles. The third kappa shape index (κ3) is 5.30. The van der Waals surface area contributed by atoms with Gasteiger partial charge in [0.1, 0.15) is 0 Å². The van der Waals surface area contributed by atoms with Crippen LogP contribution in [0.15, 0.2) is 0 Å². The van der Waals surface area contributed by atoms with Crippen molar-refractivity contribution in [3.63, 3.8) is 0 Å². The Labute approximate surface area is 128 Å². The maximum Gasteiger partial charge on any atom is 0.223 e. The van der Waals surface area contributed by atoms with Crippen LogP contribution in [0.1, 0.15) is 53.4 Å². The van der Waals surface area contributed by atoms with Gasteiger partial charge in [-0.3, -0.25) is 9.59 Å². The van der Waals surface area contributed by atoms with Crippen LogP contribution in [0, 0.1) is 11.8 Å². The molecule has 1 rings (SSSR count). The minimum atomic E-state index is -0.359. The highest BCUT2D eigenvalue weighted by Gasteiger charge is 2.35. The van der Waals surface area contributed by atoms with Gasteiger partial charge in [-0.1, -0.05) is 27.7 Å². The second kappa shape index (κ2) is 8.37. The molecule has 0 saturated carbocycles. The zero-order chi connectivity index (χ0) is 15.9. The molecule has 0 bridgehead atoms. The molecule has 5 heteroatoms. The van der Waals surface area contributed by atoms with E-state index in [-0.39, 0.29) is 29.2 Å². The molecule has 21 heavy (non-hydrogen) atoms. The average molecular weight is 298 g/mol. The molecule has 5 nitrogen and oxygen atoms in total. The summed E-state index contributed by atoms with van der Waals surface area (Å²) in [5, 5.41) is 6.16.